The summed E-state index contributed by atoms with van der Waals surface area (Å²) in [6.07, 6.45) is 5.67. The van der Waals surface area contributed by atoms with Crippen LogP contribution in [-0.2, 0) is 33.6 Å². The highest BCUT2D eigenvalue weighted by atomic mass is 16.4. The molecule has 0 aliphatic heterocycles. The van der Waals surface area contributed by atoms with Gasteiger partial charge in [-0.25, -0.2) is 9.59 Å². The molecule has 42 heavy (non-hydrogen) atoms. The number of unbranched alkanes of at least 4 members (excludes halogenated alkanes) is 6. The zero-order valence-corrected chi connectivity index (χ0v) is 24.7. The molecule has 14 nitrogen and oxygen atoms in total. The first-order valence-electron chi connectivity index (χ1n) is 14.5. The van der Waals surface area contributed by atoms with Gasteiger partial charge < -0.3 is 36.4 Å². The van der Waals surface area contributed by atoms with Crippen molar-refractivity contribution in [2.75, 3.05) is 0 Å². The van der Waals surface area contributed by atoms with Crippen molar-refractivity contribution in [2.24, 2.45) is 11.8 Å². The summed E-state index contributed by atoms with van der Waals surface area (Å²) in [6.45, 7) is 4.80. The Morgan fingerprint density at radius 2 is 1.07 bits per heavy atom. The number of carboxylic acid groups (broad SMARTS) is 4. The molecular weight excluding hydrogens is 554 g/mol. The normalized spacial score (nSPS) is 14.5. The van der Waals surface area contributed by atoms with Crippen molar-refractivity contribution in [1.29, 1.82) is 0 Å². The number of carbonyl (C=O) groups is 7. The average molecular weight is 602 g/mol. The lowest BCUT2D eigenvalue weighted by Gasteiger charge is -2.25. The monoisotopic (exact) mass is 601 g/mol. The van der Waals surface area contributed by atoms with Crippen molar-refractivity contribution in [3.05, 3.63) is 0 Å². The Morgan fingerprint density at radius 1 is 0.548 bits per heavy atom. The highest BCUT2D eigenvalue weighted by Crippen LogP contribution is 2.13. The molecule has 3 amide bonds. The van der Waals surface area contributed by atoms with E-state index in [1.54, 1.807) is 0 Å². The molecule has 0 aromatic carbocycles. The van der Waals surface area contributed by atoms with Crippen LogP contribution in [0, 0.1) is 11.8 Å². The van der Waals surface area contributed by atoms with Crippen molar-refractivity contribution in [2.45, 2.75) is 122 Å². The third kappa shape index (κ3) is 17.2. The number of carbonyl (C=O) groups excluding carboxylic acids is 3. The largest absolute Gasteiger partial charge is 0.481 e. The molecule has 5 unspecified atom stereocenters. The standard InChI is InChI=1S/C28H47N3O11/c1-4-5-6-7-8-9-10-13-22(32)29-20(25(36)30-19(27(39)40)12-11-14-23(33)34)15-17(2)24(35)31-21(28(41)42)16-18(3)26(37)38/h17-21H,4-16H2,1-3H3,(H,29,32)(H,30,36)(H,31,35)(H,33,34)(H,37,38)(H,39,40)(H,41,42). The minimum Gasteiger partial charge on any atom is -0.481 e. The summed E-state index contributed by atoms with van der Waals surface area (Å²) in [5, 5.41) is 43.9. The molecule has 14 heteroatoms. The molecule has 0 radical (unpaired) electrons. The summed E-state index contributed by atoms with van der Waals surface area (Å²) in [5.74, 6) is -9.45. The Kier molecular flexibility index (Phi) is 19.2. The van der Waals surface area contributed by atoms with Crippen LogP contribution in [0.3, 0.4) is 0 Å². The van der Waals surface area contributed by atoms with Gasteiger partial charge in [-0.15, -0.1) is 0 Å². The third-order valence-corrected chi connectivity index (χ3v) is 6.82. The molecule has 0 bridgehead atoms. The van der Waals surface area contributed by atoms with Crippen LogP contribution in [0.1, 0.15) is 104 Å². The fraction of sp³-hybridized carbons (Fsp3) is 0.750. The van der Waals surface area contributed by atoms with E-state index in [1.165, 1.54) is 13.8 Å². The van der Waals surface area contributed by atoms with Gasteiger partial charge in [-0.2, -0.15) is 0 Å². The predicted octanol–water partition coefficient (Wildman–Crippen LogP) is 2.14. The minimum atomic E-state index is -1.50. The minimum absolute atomic E-state index is 0.0218. The molecule has 0 aliphatic rings. The van der Waals surface area contributed by atoms with E-state index in [1.807, 2.05) is 0 Å². The highest BCUT2D eigenvalue weighted by Gasteiger charge is 2.32. The Labute approximate surface area is 246 Å². The number of nitrogens with one attached hydrogen (secondary N) is 3. The van der Waals surface area contributed by atoms with E-state index >= 15 is 0 Å². The fourth-order valence-corrected chi connectivity index (χ4v) is 4.18. The van der Waals surface area contributed by atoms with E-state index in [0.29, 0.717) is 6.42 Å². The maximum absolute atomic E-state index is 13.1. The number of amides is 3. The van der Waals surface area contributed by atoms with Crippen LogP contribution < -0.4 is 16.0 Å². The van der Waals surface area contributed by atoms with Crippen LogP contribution in [0.25, 0.3) is 0 Å². The van der Waals surface area contributed by atoms with Gasteiger partial charge >= 0.3 is 23.9 Å². The van der Waals surface area contributed by atoms with Crippen LogP contribution in [-0.4, -0.2) is 80.2 Å². The van der Waals surface area contributed by atoms with E-state index < -0.39 is 71.6 Å². The van der Waals surface area contributed by atoms with Gasteiger partial charge in [0.05, 0.1) is 5.92 Å². The maximum Gasteiger partial charge on any atom is 0.326 e. The topological polar surface area (TPSA) is 236 Å². The Morgan fingerprint density at radius 3 is 1.60 bits per heavy atom. The first-order valence-corrected chi connectivity index (χ1v) is 14.5. The fourth-order valence-electron chi connectivity index (χ4n) is 4.18. The van der Waals surface area contributed by atoms with Crippen molar-refractivity contribution in [3.63, 3.8) is 0 Å². The molecule has 7 N–H and O–H groups in total. The molecule has 0 fully saturated rings. The Balaban J connectivity index is 5.48. The zero-order valence-electron chi connectivity index (χ0n) is 24.7. The van der Waals surface area contributed by atoms with Gasteiger partial charge in [-0.1, -0.05) is 59.3 Å². The van der Waals surface area contributed by atoms with Crippen LogP contribution >= 0.6 is 0 Å². The quantitative estimate of drug-likeness (QED) is 0.0791. The van der Waals surface area contributed by atoms with Crippen molar-refractivity contribution in [3.8, 4) is 0 Å². The van der Waals surface area contributed by atoms with Gasteiger partial charge in [0.15, 0.2) is 0 Å². The second kappa shape index (κ2) is 21.1. The third-order valence-electron chi connectivity index (χ3n) is 6.82. The summed E-state index contributed by atoms with van der Waals surface area (Å²) in [5.41, 5.74) is 0. The molecule has 240 valence electrons. The second-order valence-electron chi connectivity index (χ2n) is 10.7. The lowest BCUT2D eigenvalue weighted by molar-refractivity contribution is -0.146. The van der Waals surface area contributed by atoms with Crippen LogP contribution in [0.5, 0.6) is 0 Å². The predicted molar refractivity (Wildman–Crippen MR) is 150 cm³/mol. The van der Waals surface area contributed by atoms with Gasteiger partial charge in [-0.3, -0.25) is 24.0 Å². The molecular formula is C28H47N3O11. The summed E-state index contributed by atoms with van der Waals surface area (Å²) in [4.78, 5) is 83.7. The smallest absolute Gasteiger partial charge is 0.326 e. The second-order valence-corrected chi connectivity index (χ2v) is 10.7. The van der Waals surface area contributed by atoms with E-state index in [-0.39, 0.29) is 38.5 Å². The molecule has 0 aliphatic carbocycles. The molecule has 0 aromatic rings. The molecule has 0 spiro atoms. The van der Waals surface area contributed by atoms with E-state index in [0.717, 1.165) is 38.5 Å². The molecule has 0 saturated heterocycles. The van der Waals surface area contributed by atoms with Gasteiger partial charge in [0.25, 0.3) is 0 Å². The number of hydrogen-bond donors (Lipinski definition) is 7. The lowest BCUT2D eigenvalue weighted by Crippen LogP contribution is -2.53. The summed E-state index contributed by atoms with van der Waals surface area (Å²) < 4.78 is 0. The van der Waals surface area contributed by atoms with Gasteiger partial charge in [0.1, 0.15) is 18.1 Å². The van der Waals surface area contributed by atoms with Crippen molar-refractivity contribution < 1.29 is 54.0 Å². The number of rotatable bonds is 24. The van der Waals surface area contributed by atoms with Crippen LogP contribution in [0.2, 0.25) is 0 Å². The summed E-state index contributed by atoms with van der Waals surface area (Å²) in [6, 6.07) is -4.28. The van der Waals surface area contributed by atoms with Gasteiger partial charge in [-0.05, 0) is 32.1 Å². The number of carboxylic acids is 4. The lowest BCUT2D eigenvalue weighted by atomic mass is 9.97. The summed E-state index contributed by atoms with van der Waals surface area (Å²) in [7, 11) is 0. The van der Waals surface area contributed by atoms with Crippen molar-refractivity contribution in [1.82, 2.24) is 16.0 Å². The Bertz CT molecular complexity index is 925. The highest BCUT2D eigenvalue weighted by molar-refractivity contribution is 5.91. The van der Waals surface area contributed by atoms with E-state index in [4.69, 9.17) is 10.2 Å². The Hall–Kier alpha value is -3.71. The maximum atomic E-state index is 13.1. The first-order chi connectivity index (χ1) is 19.7. The van der Waals surface area contributed by atoms with Crippen LogP contribution in [0.15, 0.2) is 0 Å². The SMILES string of the molecule is CCCCCCCCCC(=O)NC(CC(C)C(=O)NC(CC(C)C(=O)O)C(=O)O)C(=O)NC(CCCC(=O)O)C(=O)O. The van der Waals surface area contributed by atoms with Gasteiger partial charge in [0.2, 0.25) is 17.7 Å². The number of aliphatic carboxylic acids is 4. The molecule has 5 atom stereocenters. The van der Waals surface area contributed by atoms with E-state index in [9.17, 15) is 43.8 Å². The number of hydrogen-bond acceptors (Lipinski definition) is 7. The molecule has 0 rings (SSSR count). The van der Waals surface area contributed by atoms with Crippen LogP contribution in [0.4, 0.5) is 0 Å². The molecule has 0 aromatic heterocycles. The average Bonchev–Trinajstić information content (AvgIpc) is 2.90. The van der Waals surface area contributed by atoms with Gasteiger partial charge in [0, 0.05) is 18.8 Å². The van der Waals surface area contributed by atoms with Crippen molar-refractivity contribution >= 4 is 41.6 Å². The molecule has 0 saturated carbocycles. The zero-order chi connectivity index (χ0) is 32.2. The first kappa shape index (κ1) is 38.3. The van der Waals surface area contributed by atoms with E-state index in [2.05, 4.69) is 22.9 Å². The molecule has 0 heterocycles. The summed E-state index contributed by atoms with van der Waals surface area (Å²) >= 11 is 0.